The molecular weight excluding hydrogens is 165 g/mol. The van der Waals surface area contributed by atoms with Crippen molar-refractivity contribution in [1.82, 2.24) is 0 Å². The molecule has 0 aliphatic rings. The molecule has 0 atom stereocenters. The zero-order valence-corrected chi connectivity index (χ0v) is 4.01. The predicted octanol–water partition coefficient (Wildman–Crippen LogP) is 0.193. The van der Waals surface area contributed by atoms with Crippen LogP contribution in [0.25, 0.3) is 0 Å². The maximum Gasteiger partial charge on any atom is 0 e. The van der Waals surface area contributed by atoms with Crippen molar-refractivity contribution in [3.05, 3.63) is 0 Å². The van der Waals surface area contributed by atoms with Gasteiger partial charge in [0.25, 0.3) is 0 Å². The molecule has 0 amide bonds. The minimum Gasteiger partial charge on any atom is 0 e. The molecule has 0 spiro atoms. The minimum absolute atomic E-state index is 0. The van der Waals surface area contributed by atoms with Crippen LogP contribution in [-0.2, 0) is 17.1 Å². The van der Waals surface area contributed by atoms with E-state index >= 15 is 0 Å². The third kappa shape index (κ3) is 8.83. The Morgan fingerprint density at radius 3 is 0.750 bits per heavy atom. The normalized spacial score (nSPS) is 0. The maximum absolute atomic E-state index is 0. The zero-order valence-electron chi connectivity index (χ0n) is 1.19. The standard InChI is InChI=1S/2ClH.K.Mn.H/h2*1H;;;. The molecule has 0 saturated carbocycles. The average Bonchev–Trinajstić information content (AvgIpc) is 0. The van der Waals surface area contributed by atoms with Gasteiger partial charge in [-0.05, 0) is 0 Å². The van der Waals surface area contributed by atoms with Gasteiger partial charge in [-0.1, -0.05) is 0 Å². The number of hydrogen-bond donors (Lipinski definition) is 0. The van der Waals surface area contributed by atoms with Gasteiger partial charge in [-0.25, -0.2) is 0 Å². The maximum atomic E-state index is 0. The zero-order chi connectivity index (χ0) is 0. The summed E-state index contributed by atoms with van der Waals surface area (Å²) in [5.41, 5.74) is 0. The summed E-state index contributed by atoms with van der Waals surface area (Å²) in [5, 5.41) is 0. The summed E-state index contributed by atoms with van der Waals surface area (Å²) in [6.45, 7) is 0. The van der Waals surface area contributed by atoms with Gasteiger partial charge in [0.15, 0.2) is 0 Å². The van der Waals surface area contributed by atoms with Gasteiger partial charge in [0.05, 0.1) is 0 Å². The molecule has 4 heavy (non-hydrogen) atoms. The van der Waals surface area contributed by atoms with Gasteiger partial charge in [-0.2, -0.15) is 0 Å². The van der Waals surface area contributed by atoms with Crippen LogP contribution in [0.15, 0.2) is 0 Å². The van der Waals surface area contributed by atoms with Crippen molar-refractivity contribution in [3.8, 4) is 0 Å². The van der Waals surface area contributed by atoms with Crippen LogP contribution in [0, 0.1) is 0 Å². The van der Waals surface area contributed by atoms with E-state index in [0.29, 0.717) is 0 Å². The molecule has 0 aromatic rings. The second-order valence-electron chi connectivity index (χ2n) is 0. The Bertz CT molecular complexity index is 6.00. The molecular formula is H3Cl2KMn. The average molecular weight is 168 g/mol. The second kappa shape index (κ2) is 17.2. The van der Waals surface area contributed by atoms with Gasteiger partial charge in [-0.15, -0.1) is 24.8 Å². The largest absolute Gasteiger partial charge is 0 e. The van der Waals surface area contributed by atoms with Crippen LogP contribution >= 0.6 is 24.8 Å². The molecule has 0 nitrogen and oxygen atoms in total. The molecule has 0 saturated heterocycles. The summed E-state index contributed by atoms with van der Waals surface area (Å²) in [7, 11) is 0. The van der Waals surface area contributed by atoms with Gasteiger partial charge >= 0.3 is 51.4 Å². The van der Waals surface area contributed by atoms with Crippen molar-refractivity contribution in [2.75, 3.05) is 0 Å². The van der Waals surface area contributed by atoms with E-state index in [4.69, 9.17) is 0 Å². The fourth-order valence-corrected chi connectivity index (χ4v) is 0. The van der Waals surface area contributed by atoms with Gasteiger partial charge < -0.3 is 0 Å². The van der Waals surface area contributed by atoms with E-state index in [-0.39, 0.29) is 93.3 Å². The van der Waals surface area contributed by atoms with E-state index in [1.807, 2.05) is 0 Å². The van der Waals surface area contributed by atoms with Crippen molar-refractivity contribution in [2.24, 2.45) is 0 Å². The van der Waals surface area contributed by atoms with E-state index in [9.17, 15) is 0 Å². The second-order valence-corrected chi connectivity index (χ2v) is 0. The van der Waals surface area contributed by atoms with E-state index in [1.54, 1.807) is 0 Å². The molecule has 0 fully saturated rings. The summed E-state index contributed by atoms with van der Waals surface area (Å²) >= 11 is 0. The van der Waals surface area contributed by atoms with Crippen LogP contribution in [0.4, 0.5) is 0 Å². The first-order chi connectivity index (χ1) is 0. The van der Waals surface area contributed by atoms with E-state index < -0.39 is 0 Å². The molecule has 0 unspecified atom stereocenters. The SMILES string of the molecule is Cl.Cl.[KH].[Mn]. The van der Waals surface area contributed by atoms with Crippen LogP contribution < -0.4 is 0 Å². The monoisotopic (exact) mass is 167 g/mol. The molecule has 0 aromatic carbocycles. The quantitative estimate of drug-likeness (QED) is 0.453. The Hall–Kier alpha value is 2.74. The van der Waals surface area contributed by atoms with E-state index in [2.05, 4.69) is 0 Å². The van der Waals surface area contributed by atoms with Crippen LogP contribution in [-0.4, -0.2) is 51.4 Å². The Kier molecular flexibility index (Phi) is 127. The summed E-state index contributed by atoms with van der Waals surface area (Å²) in [5.74, 6) is 0. The molecule has 0 N–H and O–H groups in total. The van der Waals surface area contributed by atoms with Crippen LogP contribution in [0.2, 0.25) is 0 Å². The first-order valence-corrected chi connectivity index (χ1v) is 0. The minimum atomic E-state index is 0. The number of hydrogen-bond acceptors (Lipinski definition) is 0. The van der Waals surface area contributed by atoms with Crippen molar-refractivity contribution in [1.29, 1.82) is 0 Å². The summed E-state index contributed by atoms with van der Waals surface area (Å²) in [6.07, 6.45) is 0. The molecule has 0 aromatic heterocycles. The Morgan fingerprint density at radius 2 is 0.750 bits per heavy atom. The molecule has 0 aliphatic heterocycles. The van der Waals surface area contributed by atoms with Crippen molar-refractivity contribution in [3.63, 3.8) is 0 Å². The molecule has 4 heteroatoms. The predicted molar refractivity (Wildman–Crippen MR) is 21.6 cm³/mol. The third-order valence-electron chi connectivity index (χ3n) is 0. The van der Waals surface area contributed by atoms with Gasteiger partial charge in [-0.3, -0.25) is 0 Å². The Morgan fingerprint density at radius 1 is 0.750 bits per heavy atom. The Balaban J connectivity index is 0. The Labute approximate surface area is 91.2 Å². The smallest absolute Gasteiger partial charge is 0 e. The fourth-order valence-electron chi connectivity index (χ4n) is 0. The number of rotatable bonds is 0. The van der Waals surface area contributed by atoms with E-state index in [0.717, 1.165) is 0 Å². The molecule has 0 heterocycles. The van der Waals surface area contributed by atoms with E-state index in [1.165, 1.54) is 0 Å². The number of halogens is 2. The topological polar surface area (TPSA) is 0 Å². The molecule has 0 bridgehead atoms. The summed E-state index contributed by atoms with van der Waals surface area (Å²) in [6, 6.07) is 0. The van der Waals surface area contributed by atoms with Crippen LogP contribution in [0.5, 0.6) is 0 Å². The van der Waals surface area contributed by atoms with Crippen molar-refractivity contribution in [2.45, 2.75) is 0 Å². The first kappa shape index (κ1) is 29.6. The molecule has 1 radical (unpaired) electrons. The van der Waals surface area contributed by atoms with Crippen molar-refractivity contribution < 1.29 is 17.1 Å². The molecule has 0 aliphatic carbocycles. The van der Waals surface area contributed by atoms with Gasteiger partial charge in [0, 0.05) is 17.1 Å². The summed E-state index contributed by atoms with van der Waals surface area (Å²) < 4.78 is 0. The van der Waals surface area contributed by atoms with Crippen LogP contribution in [0.1, 0.15) is 0 Å². The van der Waals surface area contributed by atoms with Gasteiger partial charge in [0.2, 0.25) is 0 Å². The van der Waals surface area contributed by atoms with Crippen molar-refractivity contribution >= 4 is 76.2 Å². The molecule has 25 valence electrons. The third-order valence-corrected chi connectivity index (χ3v) is 0. The molecule has 0 rings (SSSR count). The van der Waals surface area contributed by atoms with Crippen LogP contribution in [0.3, 0.4) is 0 Å². The summed E-state index contributed by atoms with van der Waals surface area (Å²) in [4.78, 5) is 0. The first-order valence-electron chi connectivity index (χ1n) is 0. The fraction of sp³-hybridized carbons (Fsp3) is 0. The van der Waals surface area contributed by atoms with Gasteiger partial charge in [0.1, 0.15) is 0 Å².